The summed E-state index contributed by atoms with van der Waals surface area (Å²) in [5, 5.41) is 9.01. The van der Waals surface area contributed by atoms with Gasteiger partial charge in [0, 0.05) is 11.6 Å². The van der Waals surface area contributed by atoms with Crippen molar-refractivity contribution >= 4 is 15.0 Å². The van der Waals surface area contributed by atoms with E-state index < -0.39 is 15.0 Å². The first-order valence-corrected chi connectivity index (χ1v) is 8.28. The molecule has 5 heteroatoms. The van der Waals surface area contributed by atoms with Crippen LogP contribution in [-0.4, -0.2) is 25.1 Å². The van der Waals surface area contributed by atoms with Gasteiger partial charge in [0.05, 0.1) is 17.9 Å². The zero-order valence-electron chi connectivity index (χ0n) is 11.6. The minimum atomic E-state index is -0.956. The van der Waals surface area contributed by atoms with Crippen LogP contribution in [0.15, 0.2) is 12.3 Å². The highest BCUT2D eigenvalue weighted by molar-refractivity contribution is 6.48. The second kappa shape index (κ2) is 5.62. The third-order valence-corrected chi connectivity index (χ3v) is 3.16. The quantitative estimate of drug-likeness (QED) is 0.851. The molecule has 1 aromatic rings. The second-order valence-electron chi connectivity index (χ2n) is 5.48. The van der Waals surface area contributed by atoms with Crippen molar-refractivity contribution in [2.75, 3.05) is 0 Å². The van der Waals surface area contributed by atoms with Crippen molar-refractivity contribution < 1.29 is 14.3 Å². The van der Waals surface area contributed by atoms with E-state index in [-0.39, 0.29) is 11.0 Å². The van der Waals surface area contributed by atoms with Crippen molar-refractivity contribution in [3.05, 3.63) is 29.1 Å². The van der Waals surface area contributed by atoms with E-state index in [2.05, 4.69) is 38.8 Å². The summed E-state index contributed by atoms with van der Waals surface area (Å²) in [7, 11) is -0.801. The molecule has 1 heterocycles. The van der Waals surface area contributed by atoms with Crippen molar-refractivity contribution in [1.29, 1.82) is 0 Å². The molecular formula is C13H20NO3Si. The van der Waals surface area contributed by atoms with Gasteiger partial charge in [-0.1, -0.05) is 20.8 Å². The first-order chi connectivity index (χ1) is 8.21. The first-order valence-electron chi connectivity index (χ1n) is 5.87. The average molecular weight is 266 g/mol. The molecular weight excluding hydrogens is 246 g/mol. The van der Waals surface area contributed by atoms with Gasteiger partial charge in [0.1, 0.15) is 0 Å². The Labute approximate surface area is 110 Å². The Morgan fingerprint density at radius 3 is 2.50 bits per heavy atom. The Hall–Kier alpha value is -1.20. The van der Waals surface area contributed by atoms with Gasteiger partial charge in [0.25, 0.3) is 0 Å². The van der Waals surface area contributed by atoms with E-state index in [1.807, 2.05) is 0 Å². The fraction of sp³-hybridized carbons (Fsp3) is 0.538. The van der Waals surface area contributed by atoms with Crippen molar-refractivity contribution in [1.82, 2.24) is 4.98 Å². The van der Waals surface area contributed by atoms with Gasteiger partial charge in [0.15, 0.2) is 0 Å². The highest BCUT2D eigenvalue weighted by Crippen LogP contribution is 2.25. The lowest BCUT2D eigenvalue weighted by atomic mass is 9.88. The van der Waals surface area contributed by atoms with Gasteiger partial charge >= 0.3 is 5.97 Å². The number of carboxylic acid groups (broad SMARTS) is 1. The first kappa shape index (κ1) is 14.9. The minimum Gasteiger partial charge on any atom is -0.478 e. The van der Waals surface area contributed by atoms with E-state index in [0.717, 1.165) is 11.3 Å². The third kappa shape index (κ3) is 3.92. The zero-order chi connectivity index (χ0) is 13.9. The van der Waals surface area contributed by atoms with Crippen LogP contribution in [0.25, 0.3) is 0 Å². The van der Waals surface area contributed by atoms with Crippen LogP contribution in [-0.2, 0) is 16.4 Å². The molecule has 0 atom stereocenters. The molecule has 0 saturated carbocycles. The molecule has 0 unspecified atom stereocenters. The van der Waals surface area contributed by atoms with Crippen molar-refractivity contribution in [3.63, 3.8) is 0 Å². The average Bonchev–Trinajstić information content (AvgIpc) is 2.24. The standard InChI is InChI=1S/C13H20NO3Si/c1-13(2,3)11-10(8-17-18(4)5)6-9(7-14-11)12(15)16/h6-7H,8H2,1-5H3,(H,15,16). The summed E-state index contributed by atoms with van der Waals surface area (Å²) in [5.74, 6) is -0.956. The van der Waals surface area contributed by atoms with Crippen LogP contribution in [0.5, 0.6) is 0 Å². The lowest BCUT2D eigenvalue weighted by molar-refractivity contribution is 0.0696. The predicted molar refractivity (Wildman–Crippen MR) is 72.2 cm³/mol. The number of carbonyl (C=O) groups is 1. The number of hydrogen-bond acceptors (Lipinski definition) is 3. The molecule has 0 fully saturated rings. The SMILES string of the molecule is C[Si](C)OCc1cc(C(=O)O)cnc1C(C)(C)C. The fourth-order valence-corrected chi connectivity index (χ4v) is 2.08. The topological polar surface area (TPSA) is 59.4 Å². The van der Waals surface area contributed by atoms with Gasteiger partial charge in [0.2, 0.25) is 9.04 Å². The normalized spacial score (nSPS) is 11.9. The number of nitrogens with zero attached hydrogens (tertiary/aromatic N) is 1. The Morgan fingerprint density at radius 2 is 2.06 bits per heavy atom. The summed E-state index contributed by atoms with van der Waals surface area (Å²) in [4.78, 5) is 15.3. The monoisotopic (exact) mass is 266 g/mol. The summed E-state index contributed by atoms with van der Waals surface area (Å²) < 4.78 is 5.67. The molecule has 1 radical (unpaired) electrons. The van der Waals surface area contributed by atoms with Crippen LogP contribution in [0.2, 0.25) is 13.1 Å². The largest absolute Gasteiger partial charge is 0.478 e. The summed E-state index contributed by atoms with van der Waals surface area (Å²) in [6.45, 7) is 10.7. The van der Waals surface area contributed by atoms with Crippen LogP contribution < -0.4 is 0 Å². The molecule has 0 aliphatic rings. The Bertz CT molecular complexity index is 438. The molecule has 18 heavy (non-hydrogen) atoms. The van der Waals surface area contributed by atoms with E-state index in [4.69, 9.17) is 9.53 Å². The van der Waals surface area contributed by atoms with Crippen molar-refractivity contribution in [2.24, 2.45) is 0 Å². The number of aromatic carboxylic acids is 1. The van der Waals surface area contributed by atoms with Crippen LogP contribution >= 0.6 is 0 Å². The maximum absolute atomic E-state index is 11.0. The lowest BCUT2D eigenvalue weighted by Gasteiger charge is -2.22. The molecule has 0 amide bonds. The smallest absolute Gasteiger partial charge is 0.337 e. The molecule has 0 aliphatic carbocycles. The second-order valence-corrected chi connectivity index (χ2v) is 7.59. The summed E-state index contributed by atoms with van der Waals surface area (Å²) in [6.07, 6.45) is 1.41. The Morgan fingerprint density at radius 1 is 1.44 bits per heavy atom. The van der Waals surface area contributed by atoms with Gasteiger partial charge in [-0.05, 0) is 24.7 Å². The number of pyridine rings is 1. The molecule has 0 aliphatic heterocycles. The molecule has 0 aromatic carbocycles. The zero-order valence-corrected chi connectivity index (χ0v) is 12.6. The molecule has 99 valence electrons. The molecule has 0 saturated heterocycles. The van der Waals surface area contributed by atoms with Gasteiger partial charge in [-0.15, -0.1) is 0 Å². The number of carboxylic acids is 1. The van der Waals surface area contributed by atoms with Gasteiger partial charge in [-0.25, -0.2) is 4.79 Å². The van der Waals surface area contributed by atoms with Crippen LogP contribution in [0.3, 0.4) is 0 Å². The Kier molecular flexibility index (Phi) is 4.64. The van der Waals surface area contributed by atoms with Crippen LogP contribution in [0.4, 0.5) is 0 Å². The van der Waals surface area contributed by atoms with Crippen molar-refractivity contribution in [2.45, 2.75) is 45.9 Å². The van der Waals surface area contributed by atoms with E-state index in [9.17, 15) is 4.79 Å². The summed E-state index contributed by atoms with van der Waals surface area (Å²) in [5.41, 5.74) is 1.86. The van der Waals surface area contributed by atoms with E-state index in [1.165, 1.54) is 6.20 Å². The number of hydrogen-bond donors (Lipinski definition) is 1. The third-order valence-electron chi connectivity index (χ3n) is 2.44. The summed E-state index contributed by atoms with van der Waals surface area (Å²) in [6, 6.07) is 1.67. The van der Waals surface area contributed by atoms with E-state index >= 15 is 0 Å². The van der Waals surface area contributed by atoms with Crippen LogP contribution in [0, 0.1) is 0 Å². The van der Waals surface area contributed by atoms with E-state index in [0.29, 0.717) is 6.61 Å². The van der Waals surface area contributed by atoms with Gasteiger partial charge in [-0.3, -0.25) is 4.98 Å². The molecule has 1 N–H and O–H groups in total. The molecule has 1 rings (SSSR count). The van der Waals surface area contributed by atoms with Gasteiger partial charge < -0.3 is 9.53 Å². The Balaban J connectivity index is 3.14. The fourth-order valence-electron chi connectivity index (χ4n) is 1.63. The van der Waals surface area contributed by atoms with Gasteiger partial charge in [-0.2, -0.15) is 0 Å². The van der Waals surface area contributed by atoms with Crippen LogP contribution in [0.1, 0.15) is 42.4 Å². The maximum atomic E-state index is 11.0. The highest BCUT2D eigenvalue weighted by Gasteiger charge is 2.21. The molecule has 4 nitrogen and oxygen atoms in total. The molecule has 0 spiro atoms. The van der Waals surface area contributed by atoms with Crippen molar-refractivity contribution in [3.8, 4) is 0 Å². The molecule has 0 bridgehead atoms. The lowest BCUT2D eigenvalue weighted by Crippen LogP contribution is -2.19. The number of aromatic nitrogens is 1. The highest BCUT2D eigenvalue weighted by atomic mass is 28.3. The summed E-state index contributed by atoms with van der Waals surface area (Å²) >= 11 is 0. The maximum Gasteiger partial charge on any atom is 0.337 e. The number of rotatable bonds is 4. The predicted octanol–water partition coefficient (Wildman–Crippen LogP) is 2.85. The minimum absolute atomic E-state index is 0.121. The van der Waals surface area contributed by atoms with E-state index in [1.54, 1.807) is 6.07 Å². The molecule has 1 aromatic heterocycles.